The Labute approximate surface area is 128 Å². The van der Waals surface area contributed by atoms with Gasteiger partial charge in [-0.3, -0.25) is 0 Å². The van der Waals surface area contributed by atoms with Gasteiger partial charge in [0.05, 0.1) is 20.3 Å². The number of hydrogen-bond acceptors (Lipinski definition) is 5. The summed E-state index contributed by atoms with van der Waals surface area (Å²) < 4.78 is 21.3. The minimum absolute atomic E-state index is 0.421. The normalized spacial score (nSPS) is 10.7. The zero-order valence-electron chi connectivity index (χ0n) is 12.3. The van der Waals surface area contributed by atoms with E-state index in [0.29, 0.717) is 47.7 Å². The molecule has 6 heteroatoms. The summed E-state index contributed by atoms with van der Waals surface area (Å²) >= 11 is 6.38. The highest BCUT2D eigenvalue weighted by Gasteiger charge is 2.14. The van der Waals surface area contributed by atoms with E-state index in [9.17, 15) is 0 Å². The van der Waals surface area contributed by atoms with Crippen LogP contribution in [0.2, 0.25) is 5.02 Å². The molecule has 1 aromatic carbocycles. The third-order valence-corrected chi connectivity index (χ3v) is 3.25. The van der Waals surface area contributed by atoms with Gasteiger partial charge in [0, 0.05) is 18.6 Å². The van der Waals surface area contributed by atoms with Crippen molar-refractivity contribution in [2.75, 3.05) is 34.0 Å². The predicted molar refractivity (Wildman–Crippen MR) is 81.8 cm³/mol. The van der Waals surface area contributed by atoms with Crippen molar-refractivity contribution in [1.82, 2.24) is 4.98 Å². The van der Waals surface area contributed by atoms with Gasteiger partial charge in [0.15, 0.2) is 0 Å². The molecule has 0 spiro atoms. The summed E-state index contributed by atoms with van der Waals surface area (Å²) in [5, 5.41) is 1.24. The number of aromatic nitrogens is 1. The molecule has 0 saturated heterocycles. The molecule has 2 aromatic rings. The quantitative estimate of drug-likeness (QED) is 0.734. The Morgan fingerprint density at radius 1 is 1.10 bits per heavy atom. The summed E-state index contributed by atoms with van der Waals surface area (Å²) in [5.74, 6) is 1.69. The fourth-order valence-corrected chi connectivity index (χ4v) is 2.19. The largest absolute Gasteiger partial charge is 0.496 e. The minimum Gasteiger partial charge on any atom is -0.496 e. The SMILES string of the molecule is CCOc1cc(OC)c2ccc(OCCOC)c(Cl)c2n1. The van der Waals surface area contributed by atoms with Crippen LogP contribution >= 0.6 is 11.6 Å². The first kappa shape index (κ1) is 15.7. The van der Waals surface area contributed by atoms with Crippen LogP contribution in [0, 0.1) is 0 Å². The standard InChI is InChI=1S/C15H18ClNO4/c1-4-20-13-9-12(19-3)10-5-6-11(21-8-7-18-2)14(16)15(10)17-13/h5-6,9H,4,7-8H2,1-3H3. The molecule has 0 fully saturated rings. The van der Waals surface area contributed by atoms with E-state index < -0.39 is 0 Å². The number of rotatable bonds is 7. The number of pyridine rings is 1. The molecule has 5 nitrogen and oxygen atoms in total. The molecule has 114 valence electrons. The third kappa shape index (κ3) is 3.49. The maximum Gasteiger partial charge on any atom is 0.217 e. The fourth-order valence-electron chi connectivity index (χ4n) is 1.92. The monoisotopic (exact) mass is 311 g/mol. The lowest BCUT2D eigenvalue weighted by molar-refractivity contribution is 0.146. The predicted octanol–water partition coefficient (Wildman–Crippen LogP) is 3.32. The number of methoxy groups -OCH3 is 2. The number of ether oxygens (including phenoxy) is 4. The summed E-state index contributed by atoms with van der Waals surface area (Å²) in [4.78, 5) is 4.42. The van der Waals surface area contributed by atoms with Gasteiger partial charge in [-0.15, -0.1) is 0 Å². The smallest absolute Gasteiger partial charge is 0.217 e. The first-order valence-electron chi connectivity index (χ1n) is 6.63. The Kier molecular flexibility index (Phi) is 5.47. The van der Waals surface area contributed by atoms with Gasteiger partial charge in [-0.25, -0.2) is 4.98 Å². The Balaban J connectivity index is 2.46. The van der Waals surface area contributed by atoms with Gasteiger partial charge in [0.2, 0.25) is 5.88 Å². The van der Waals surface area contributed by atoms with Crippen molar-refractivity contribution in [2.24, 2.45) is 0 Å². The highest BCUT2D eigenvalue weighted by Crippen LogP contribution is 2.37. The van der Waals surface area contributed by atoms with Gasteiger partial charge in [0.1, 0.15) is 28.6 Å². The number of nitrogens with zero attached hydrogens (tertiary/aromatic N) is 1. The molecule has 0 saturated carbocycles. The van der Waals surface area contributed by atoms with Crippen molar-refractivity contribution in [3.05, 3.63) is 23.2 Å². The maximum atomic E-state index is 6.38. The molecule has 0 aliphatic heterocycles. The van der Waals surface area contributed by atoms with Gasteiger partial charge in [-0.2, -0.15) is 0 Å². The highest BCUT2D eigenvalue weighted by molar-refractivity contribution is 6.36. The molecule has 0 amide bonds. The van der Waals surface area contributed by atoms with Crippen molar-refractivity contribution >= 4 is 22.5 Å². The average Bonchev–Trinajstić information content (AvgIpc) is 2.50. The first-order chi connectivity index (χ1) is 10.2. The second kappa shape index (κ2) is 7.33. The Morgan fingerprint density at radius 2 is 1.90 bits per heavy atom. The van der Waals surface area contributed by atoms with E-state index in [0.717, 1.165) is 5.39 Å². The van der Waals surface area contributed by atoms with Crippen LogP contribution in [0.5, 0.6) is 17.4 Å². The molecule has 1 aromatic heterocycles. The van der Waals surface area contributed by atoms with Gasteiger partial charge >= 0.3 is 0 Å². The van der Waals surface area contributed by atoms with E-state index in [-0.39, 0.29) is 0 Å². The van der Waals surface area contributed by atoms with Crippen molar-refractivity contribution in [2.45, 2.75) is 6.92 Å². The topological polar surface area (TPSA) is 49.8 Å². The Morgan fingerprint density at radius 3 is 2.57 bits per heavy atom. The molecule has 0 radical (unpaired) electrons. The van der Waals surface area contributed by atoms with E-state index in [1.54, 1.807) is 26.4 Å². The second-order valence-electron chi connectivity index (χ2n) is 4.21. The van der Waals surface area contributed by atoms with Crippen LogP contribution in [-0.2, 0) is 4.74 Å². The van der Waals surface area contributed by atoms with Crippen LogP contribution in [0.4, 0.5) is 0 Å². The Bertz CT molecular complexity index is 618. The van der Waals surface area contributed by atoms with Gasteiger partial charge in [-0.05, 0) is 19.1 Å². The van der Waals surface area contributed by atoms with E-state index in [1.165, 1.54) is 0 Å². The molecule has 0 aliphatic rings. The van der Waals surface area contributed by atoms with Crippen molar-refractivity contribution in [1.29, 1.82) is 0 Å². The molecule has 0 atom stereocenters. The van der Waals surface area contributed by atoms with E-state index in [1.807, 2.05) is 13.0 Å². The third-order valence-electron chi connectivity index (χ3n) is 2.88. The van der Waals surface area contributed by atoms with Crippen LogP contribution in [0.25, 0.3) is 10.9 Å². The van der Waals surface area contributed by atoms with E-state index in [2.05, 4.69) is 4.98 Å². The van der Waals surface area contributed by atoms with Crippen LogP contribution in [0.1, 0.15) is 6.92 Å². The van der Waals surface area contributed by atoms with E-state index >= 15 is 0 Å². The summed E-state index contributed by atoms with van der Waals surface area (Å²) in [7, 11) is 3.22. The number of benzene rings is 1. The van der Waals surface area contributed by atoms with Crippen molar-refractivity contribution in [3.63, 3.8) is 0 Å². The minimum atomic E-state index is 0.421. The summed E-state index contributed by atoms with van der Waals surface area (Å²) in [6.07, 6.45) is 0. The summed E-state index contributed by atoms with van der Waals surface area (Å²) in [5.41, 5.74) is 0.592. The molecule has 0 unspecified atom stereocenters. The zero-order chi connectivity index (χ0) is 15.2. The molecular weight excluding hydrogens is 294 g/mol. The molecule has 0 N–H and O–H groups in total. The molecule has 0 aliphatic carbocycles. The summed E-state index contributed by atoms with van der Waals surface area (Å²) in [6, 6.07) is 5.41. The zero-order valence-corrected chi connectivity index (χ0v) is 13.1. The van der Waals surface area contributed by atoms with Crippen LogP contribution < -0.4 is 14.2 Å². The first-order valence-corrected chi connectivity index (χ1v) is 7.00. The van der Waals surface area contributed by atoms with Crippen molar-refractivity contribution in [3.8, 4) is 17.4 Å². The summed E-state index contributed by atoms with van der Waals surface area (Å²) in [6.45, 7) is 3.32. The molecule has 21 heavy (non-hydrogen) atoms. The lowest BCUT2D eigenvalue weighted by Gasteiger charge is -2.13. The van der Waals surface area contributed by atoms with Crippen LogP contribution in [0.15, 0.2) is 18.2 Å². The van der Waals surface area contributed by atoms with E-state index in [4.69, 9.17) is 30.5 Å². The highest BCUT2D eigenvalue weighted by atomic mass is 35.5. The molecule has 0 bridgehead atoms. The molecular formula is C15H18ClNO4. The second-order valence-corrected chi connectivity index (χ2v) is 4.59. The van der Waals surface area contributed by atoms with Crippen LogP contribution in [-0.4, -0.2) is 39.0 Å². The maximum absolute atomic E-state index is 6.38. The molecule has 2 rings (SSSR count). The van der Waals surface area contributed by atoms with Crippen LogP contribution in [0.3, 0.4) is 0 Å². The lowest BCUT2D eigenvalue weighted by Crippen LogP contribution is -2.05. The number of fused-ring (bicyclic) bond motifs is 1. The van der Waals surface area contributed by atoms with Gasteiger partial charge in [-0.1, -0.05) is 11.6 Å². The van der Waals surface area contributed by atoms with Gasteiger partial charge in [0.25, 0.3) is 0 Å². The lowest BCUT2D eigenvalue weighted by atomic mass is 10.2. The average molecular weight is 312 g/mol. The Hall–Kier alpha value is -1.72. The number of hydrogen-bond donors (Lipinski definition) is 0. The van der Waals surface area contributed by atoms with Crippen molar-refractivity contribution < 1.29 is 18.9 Å². The molecule has 1 heterocycles. The van der Waals surface area contributed by atoms with Gasteiger partial charge < -0.3 is 18.9 Å². The number of halogens is 1. The fraction of sp³-hybridized carbons (Fsp3) is 0.400.